The van der Waals surface area contributed by atoms with E-state index in [9.17, 15) is 9.18 Å². The highest BCUT2D eigenvalue weighted by atomic mass is 32.1. The first kappa shape index (κ1) is 11.7. The lowest BCUT2D eigenvalue weighted by atomic mass is 10.1. The standard InChI is InChI=1S/C12H10FNO2S/c1-7-14-12(11(6-15)17-7)8-3-4-10(16-2)9(13)5-8/h3-6H,1-2H3. The van der Waals surface area contributed by atoms with Gasteiger partial charge in [-0.05, 0) is 25.1 Å². The molecule has 3 nitrogen and oxygen atoms in total. The smallest absolute Gasteiger partial charge is 0.165 e. The number of nitrogens with zero attached hydrogens (tertiary/aromatic N) is 1. The zero-order valence-electron chi connectivity index (χ0n) is 9.36. The molecule has 0 N–H and O–H groups in total. The highest BCUT2D eigenvalue weighted by molar-refractivity contribution is 7.13. The van der Waals surface area contributed by atoms with Gasteiger partial charge in [-0.2, -0.15) is 0 Å². The van der Waals surface area contributed by atoms with Crippen LogP contribution in [0.25, 0.3) is 11.3 Å². The molecule has 1 heterocycles. The lowest BCUT2D eigenvalue weighted by Crippen LogP contribution is -1.90. The quantitative estimate of drug-likeness (QED) is 0.787. The fraction of sp³-hybridized carbons (Fsp3) is 0.167. The van der Waals surface area contributed by atoms with Crippen LogP contribution in [0.1, 0.15) is 14.7 Å². The molecule has 1 aromatic heterocycles. The second-order valence-corrected chi connectivity index (χ2v) is 4.65. The van der Waals surface area contributed by atoms with Gasteiger partial charge in [-0.25, -0.2) is 9.37 Å². The molecular formula is C12H10FNO2S. The maximum atomic E-state index is 13.5. The monoisotopic (exact) mass is 251 g/mol. The Kier molecular flexibility index (Phi) is 3.19. The second-order valence-electron chi connectivity index (χ2n) is 3.41. The average molecular weight is 251 g/mol. The summed E-state index contributed by atoms with van der Waals surface area (Å²) in [4.78, 5) is 15.6. The number of thiazole rings is 1. The maximum Gasteiger partial charge on any atom is 0.165 e. The number of hydrogen-bond donors (Lipinski definition) is 0. The van der Waals surface area contributed by atoms with Crippen LogP contribution >= 0.6 is 11.3 Å². The predicted octanol–water partition coefficient (Wildman–Crippen LogP) is 3.08. The van der Waals surface area contributed by atoms with Crippen LogP contribution in [0.2, 0.25) is 0 Å². The summed E-state index contributed by atoms with van der Waals surface area (Å²) in [7, 11) is 1.40. The SMILES string of the molecule is COc1ccc(-c2nc(C)sc2C=O)cc1F. The molecule has 88 valence electrons. The molecule has 0 unspecified atom stereocenters. The van der Waals surface area contributed by atoms with Crippen molar-refractivity contribution in [1.82, 2.24) is 4.98 Å². The Morgan fingerprint density at radius 2 is 2.24 bits per heavy atom. The Balaban J connectivity index is 2.52. The molecule has 0 saturated carbocycles. The van der Waals surface area contributed by atoms with Crippen molar-refractivity contribution in [2.45, 2.75) is 6.92 Å². The number of hydrogen-bond acceptors (Lipinski definition) is 4. The number of benzene rings is 1. The maximum absolute atomic E-state index is 13.5. The Morgan fingerprint density at radius 1 is 1.47 bits per heavy atom. The minimum Gasteiger partial charge on any atom is -0.494 e. The summed E-state index contributed by atoms with van der Waals surface area (Å²) < 4.78 is 18.4. The molecule has 0 aliphatic heterocycles. The molecule has 0 atom stereocenters. The molecule has 1 aromatic carbocycles. The van der Waals surface area contributed by atoms with Gasteiger partial charge in [-0.3, -0.25) is 4.79 Å². The molecule has 0 aliphatic carbocycles. The van der Waals surface area contributed by atoms with Crippen molar-refractivity contribution in [1.29, 1.82) is 0 Å². The van der Waals surface area contributed by atoms with Crippen molar-refractivity contribution >= 4 is 17.6 Å². The summed E-state index contributed by atoms with van der Waals surface area (Å²) in [6, 6.07) is 4.53. The Bertz CT molecular complexity index is 566. The first-order chi connectivity index (χ1) is 8.15. The van der Waals surface area contributed by atoms with Crippen molar-refractivity contribution in [2.24, 2.45) is 0 Å². The third-order valence-electron chi connectivity index (χ3n) is 2.29. The molecule has 0 radical (unpaired) electrons. The van der Waals surface area contributed by atoms with Crippen molar-refractivity contribution in [3.63, 3.8) is 0 Å². The minimum atomic E-state index is -0.465. The van der Waals surface area contributed by atoms with Gasteiger partial charge in [-0.1, -0.05) is 0 Å². The van der Waals surface area contributed by atoms with E-state index in [2.05, 4.69) is 4.98 Å². The van der Waals surface area contributed by atoms with E-state index >= 15 is 0 Å². The summed E-state index contributed by atoms with van der Waals surface area (Å²) in [6.45, 7) is 1.81. The number of methoxy groups -OCH3 is 1. The molecule has 17 heavy (non-hydrogen) atoms. The van der Waals surface area contributed by atoms with Gasteiger partial charge in [0.15, 0.2) is 17.9 Å². The first-order valence-electron chi connectivity index (χ1n) is 4.92. The molecule has 0 aliphatic rings. The molecule has 0 amide bonds. The van der Waals surface area contributed by atoms with Crippen molar-refractivity contribution < 1.29 is 13.9 Å². The molecule has 5 heteroatoms. The van der Waals surface area contributed by atoms with E-state index in [0.29, 0.717) is 16.1 Å². The van der Waals surface area contributed by atoms with Crippen LogP contribution in [0.15, 0.2) is 18.2 Å². The molecule has 2 aromatic rings. The van der Waals surface area contributed by atoms with E-state index in [4.69, 9.17) is 4.74 Å². The van der Waals surface area contributed by atoms with Gasteiger partial charge in [0.25, 0.3) is 0 Å². The topological polar surface area (TPSA) is 39.2 Å². The number of carbonyl (C=O) groups is 1. The normalized spacial score (nSPS) is 10.3. The van der Waals surface area contributed by atoms with Gasteiger partial charge in [0, 0.05) is 5.56 Å². The average Bonchev–Trinajstić information content (AvgIpc) is 2.70. The summed E-state index contributed by atoms with van der Waals surface area (Å²) in [6.07, 6.45) is 0.738. The number of aromatic nitrogens is 1. The largest absolute Gasteiger partial charge is 0.494 e. The van der Waals surface area contributed by atoms with E-state index < -0.39 is 5.82 Å². The zero-order valence-corrected chi connectivity index (χ0v) is 10.2. The van der Waals surface area contributed by atoms with E-state index in [1.165, 1.54) is 30.6 Å². The Morgan fingerprint density at radius 3 is 2.82 bits per heavy atom. The van der Waals surface area contributed by atoms with Gasteiger partial charge in [0.1, 0.15) is 0 Å². The van der Waals surface area contributed by atoms with Crippen molar-refractivity contribution in [3.8, 4) is 17.0 Å². The van der Waals surface area contributed by atoms with Crippen LogP contribution in [0, 0.1) is 12.7 Å². The lowest BCUT2D eigenvalue weighted by molar-refractivity contribution is 0.112. The third-order valence-corrected chi connectivity index (χ3v) is 3.19. The van der Waals surface area contributed by atoms with Gasteiger partial charge >= 0.3 is 0 Å². The number of ether oxygens (including phenoxy) is 1. The second kappa shape index (κ2) is 4.63. The number of aldehydes is 1. The van der Waals surface area contributed by atoms with Crippen LogP contribution in [0.3, 0.4) is 0 Å². The van der Waals surface area contributed by atoms with Crippen molar-refractivity contribution in [3.05, 3.63) is 33.9 Å². The Labute approximate surface area is 102 Å². The van der Waals surface area contributed by atoms with Gasteiger partial charge < -0.3 is 4.74 Å². The predicted molar refractivity (Wildman–Crippen MR) is 64.2 cm³/mol. The molecule has 0 saturated heterocycles. The van der Waals surface area contributed by atoms with E-state index in [0.717, 1.165) is 11.3 Å². The molecule has 0 fully saturated rings. The molecule has 2 rings (SSSR count). The minimum absolute atomic E-state index is 0.174. The van der Waals surface area contributed by atoms with Crippen molar-refractivity contribution in [2.75, 3.05) is 7.11 Å². The Hall–Kier alpha value is -1.75. The van der Waals surface area contributed by atoms with Crippen LogP contribution in [0.4, 0.5) is 4.39 Å². The highest BCUT2D eigenvalue weighted by Crippen LogP contribution is 2.29. The van der Waals surface area contributed by atoms with E-state index in [1.807, 2.05) is 0 Å². The zero-order chi connectivity index (χ0) is 12.4. The van der Waals surface area contributed by atoms with Crippen LogP contribution in [0.5, 0.6) is 5.75 Å². The summed E-state index contributed by atoms with van der Waals surface area (Å²) in [5.41, 5.74) is 1.10. The van der Waals surface area contributed by atoms with E-state index in [1.54, 1.807) is 13.0 Å². The number of carbonyl (C=O) groups excluding carboxylic acids is 1. The van der Waals surface area contributed by atoms with Gasteiger partial charge in [-0.15, -0.1) is 11.3 Å². The summed E-state index contributed by atoms with van der Waals surface area (Å²) in [5, 5.41) is 0.776. The molecular weight excluding hydrogens is 241 g/mol. The van der Waals surface area contributed by atoms with E-state index in [-0.39, 0.29) is 5.75 Å². The lowest BCUT2D eigenvalue weighted by Gasteiger charge is -2.03. The highest BCUT2D eigenvalue weighted by Gasteiger charge is 2.12. The van der Waals surface area contributed by atoms with Gasteiger partial charge in [0.2, 0.25) is 0 Å². The molecule has 0 bridgehead atoms. The number of aryl methyl sites for hydroxylation is 1. The summed E-state index contributed by atoms with van der Waals surface area (Å²) >= 11 is 1.29. The fourth-order valence-corrected chi connectivity index (χ4v) is 2.31. The third kappa shape index (κ3) is 2.19. The molecule has 0 spiro atoms. The van der Waals surface area contributed by atoms with Crippen LogP contribution < -0.4 is 4.74 Å². The first-order valence-corrected chi connectivity index (χ1v) is 5.74. The fourth-order valence-electron chi connectivity index (χ4n) is 1.54. The van der Waals surface area contributed by atoms with Crippen LogP contribution in [-0.4, -0.2) is 18.4 Å². The summed E-state index contributed by atoms with van der Waals surface area (Å²) in [5.74, 6) is -0.291. The van der Waals surface area contributed by atoms with Crippen LogP contribution in [-0.2, 0) is 0 Å². The number of halogens is 1. The number of rotatable bonds is 3. The van der Waals surface area contributed by atoms with Gasteiger partial charge in [0.05, 0.1) is 22.7 Å².